The average molecular weight is 260 g/mol. The van der Waals surface area contributed by atoms with Gasteiger partial charge in [-0.15, -0.1) is 0 Å². The molecule has 6 nitrogen and oxygen atoms in total. The minimum Gasteiger partial charge on any atom is -0.370 e. The van der Waals surface area contributed by atoms with E-state index in [1.54, 1.807) is 12.3 Å². The summed E-state index contributed by atoms with van der Waals surface area (Å²) in [7, 11) is 0. The number of hydrogen-bond donors (Lipinski definition) is 1. The van der Waals surface area contributed by atoms with Gasteiger partial charge in [0.1, 0.15) is 17.9 Å². The van der Waals surface area contributed by atoms with Crippen molar-refractivity contribution in [3.05, 3.63) is 23.8 Å². The summed E-state index contributed by atoms with van der Waals surface area (Å²) >= 11 is 0. The zero-order valence-corrected chi connectivity index (χ0v) is 11.2. The summed E-state index contributed by atoms with van der Waals surface area (Å²) in [6.45, 7) is 6.61. The summed E-state index contributed by atoms with van der Waals surface area (Å²) in [5.74, 6) is 1.18. The summed E-state index contributed by atoms with van der Waals surface area (Å²) < 4.78 is 10.8. The zero-order chi connectivity index (χ0) is 13.8. The number of nitrogens with one attached hydrogen (secondary N) is 1. The van der Waals surface area contributed by atoms with Crippen LogP contribution in [0.2, 0.25) is 0 Å². The Kier molecular flexibility index (Phi) is 3.97. The first-order valence-corrected chi connectivity index (χ1v) is 6.19. The highest BCUT2D eigenvalue weighted by Crippen LogP contribution is 2.26. The van der Waals surface area contributed by atoms with Gasteiger partial charge in [-0.2, -0.15) is 10.2 Å². The molecule has 0 bridgehead atoms. The van der Waals surface area contributed by atoms with Crippen molar-refractivity contribution in [1.29, 1.82) is 5.26 Å². The third-order valence-corrected chi connectivity index (χ3v) is 2.70. The molecular formula is C13H16N4O2. The van der Waals surface area contributed by atoms with Gasteiger partial charge in [-0.3, -0.25) is 0 Å². The van der Waals surface area contributed by atoms with Crippen molar-refractivity contribution in [1.82, 2.24) is 15.1 Å². The highest BCUT2D eigenvalue weighted by molar-refractivity contribution is 5.54. The van der Waals surface area contributed by atoms with Crippen LogP contribution in [0.5, 0.6) is 0 Å². The normalized spacial score (nSPS) is 12.6. The number of hydrogen-bond acceptors (Lipinski definition) is 5. The van der Waals surface area contributed by atoms with E-state index in [0.29, 0.717) is 29.6 Å². The molecule has 0 aliphatic carbocycles. The van der Waals surface area contributed by atoms with Crippen molar-refractivity contribution in [3.8, 4) is 17.5 Å². The van der Waals surface area contributed by atoms with Gasteiger partial charge in [-0.25, -0.2) is 0 Å². The van der Waals surface area contributed by atoms with E-state index in [2.05, 4.69) is 15.1 Å². The smallest absolute Gasteiger partial charge is 0.259 e. The van der Waals surface area contributed by atoms with E-state index in [1.807, 2.05) is 26.8 Å². The van der Waals surface area contributed by atoms with Crippen LogP contribution in [-0.4, -0.2) is 21.7 Å². The van der Waals surface area contributed by atoms with Crippen molar-refractivity contribution in [2.24, 2.45) is 5.92 Å². The van der Waals surface area contributed by atoms with Gasteiger partial charge in [-0.1, -0.05) is 19.0 Å². The molecule has 1 N–H and O–H groups in total. The van der Waals surface area contributed by atoms with Gasteiger partial charge in [0.2, 0.25) is 5.82 Å². The summed E-state index contributed by atoms with van der Waals surface area (Å²) in [5.41, 5.74) is 1.16. The molecule has 0 spiro atoms. The molecule has 0 saturated carbocycles. The highest BCUT2D eigenvalue weighted by Gasteiger charge is 2.22. The minimum atomic E-state index is -0.183. The maximum Gasteiger partial charge on any atom is 0.259 e. The Morgan fingerprint density at radius 3 is 2.89 bits per heavy atom. The third-order valence-electron chi connectivity index (χ3n) is 2.70. The van der Waals surface area contributed by atoms with Crippen molar-refractivity contribution >= 4 is 0 Å². The molecule has 0 saturated heterocycles. The highest BCUT2D eigenvalue weighted by atomic mass is 16.5. The van der Waals surface area contributed by atoms with Gasteiger partial charge in [0.15, 0.2) is 0 Å². The molecule has 0 fully saturated rings. The molecule has 0 radical (unpaired) electrons. The predicted octanol–water partition coefficient (Wildman–Crippen LogP) is 2.67. The molecule has 1 unspecified atom stereocenters. The monoisotopic (exact) mass is 260 g/mol. The molecule has 0 aromatic carbocycles. The first kappa shape index (κ1) is 13.3. The van der Waals surface area contributed by atoms with Crippen molar-refractivity contribution in [2.45, 2.75) is 26.9 Å². The Hall–Kier alpha value is -2.13. The van der Waals surface area contributed by atoms with Gasteiger partial charge in [-0.05, 0) is 18.9 Å². The van der Waals surface area contributed by atoms with Crippen molar-refractivity contribution in [3.63, 3.8) is 0 Å². The largest absolute Gasteiger partial charge is 0.370 e. The summed E-state index contributed by atoms with van der Waals surface area (Å²) in [5, 5.41) is 12.7. The number of aromatic amines is 1. The van der Waals surface area contributed by atoms with Gasteiger partial charge >= 0.3 is 0 Å². The Labute approximate surface area is 111 Å². The fourth-order valence-electron chi connectivity index (χ4n) is 1.79. The standard InChI is InChI=1S/C13H16N4O2/c1-4-18-11(8(2)3)12-16-13(19-17-12)9-5-10(6-14)15-7-9/h5,7-8,11,15H,4H2,1-3H3. The molecule has 19 heavy (non-hydrogen) atoms. The lowest BCUT2D eigenvalue weighted by atomic mass is 10.1. The number of nitriles is 1. The third kappa shape index (κ3) is 2.83. The van der Waals surface area contributed by atoms with Crippen LogP contribution in [0.3, 0.4) is 0 Å². The van der Waals surface area contributed by atoms with Gasteiger partial charge in [0, 0.05) is 12.8 Å². The molecule has 0 aliphatic heterocycles. The predicted molar refractivity (Wildman–Crippen MR) is 68.0 cm³/mol. The van der Waals surface area contributed by atoms with E-state index in [4.69, 9.17) is 14.5 Å². The zero-order valence-electron chi connectivity index (χ0n) is 11.2. The van der Waals surface area contributed by atoms with Crippen LogP contribution in [-0.2, 0) is 4.74 Å². The van der Waals surface area contributed by atoms with Crippen LogP contribution in [0.1, 0.15) is 38.4 Å². The molecule has 6 heteroatoms. The quantitative estimate of drug-likeness (QED) is 0.892. The van der Waals surface area contributed by atoms with E-state index in [-0.39, 0.29) is 12.0 Å². The molecule has 2 rings (SSSR count). The van der Waals surface area contributed by atoms with E-state index in [0.717, 1.165) is 0 Å². The van der Waals surface area contributed by atoms with Gasteiger partial charge in [0.25, 0.3) is 5.89 Å². The Bertz CT molecular complexity index is 579. The number of ether oxygens (including phenoxy) is 1. The Morgan fingerprint density at radius 1 is 1.53 bits per heavy atom. The molecule has 0 amide bonds. The Morgan fingerprint density at radius 2 is 2.32 bits per heavy atom. The molecule has 2 aromatic heterocycles. The van der Waals surface area contributed by atoms with E-state index in [9.17, 15) is 0 Å². The summed E-state index contributed by atoms with van der Waals surface area (Å²) in [6, 6.07) is 3.68. The molecule has 0 aliphatic rings. The van der Waals surface area contributed by atoms with E-state index in [1.165, 1.54) is 0 Å². The average Bonchev–Trinajstić information content (AvgIpc) is 3.03. The van der Waals surface area contributed by atoms with Gasteiger partial charge in [0.05, 0.1) is 5.56 Å². The van der Waals surface area contributed by atoms with Gasteiger partial charge < -0.3 is 14.2 Å². The van der Waals surface area contributed by atoms with Crippen molar-refractivity contribution in [2.75, 3.05) is 6.61 Å². The number of aromatic nitrogens is 3. The van der Waals surface area contributed by atoms with E-state index >= 15 is 0 Å². The fraction of sp³-hybridized carbons (Fsp3) is 0.462. The molecule has 100 valence electrons. The van der Waals surface area contributed by atoms with E-state index < -0.39 is 0 Å². The van der Waals surface area contributed by atoms with Crippen molar-refractivity contribution < 1.29 is 9.26 Å². The number of nitrogens with zero attached hydrogens (tertiary/aromatic N) is 3. The molecule has 1 atom stereocenters. The first-order valence-electron chi connectivity index (χ1n) is 6.19. The Balaban J connectivity index is 2.25. The number of rotatable bonds is 5. The fourth-order valence-corrected chi connectivity index (χ4v) is 1.79. The number of H-pyrrole nitrogens is 1. The second kappa shape index (κ2) is 5.67. The minimum absolute atomic E-state index is 0.183. The summed E-state index contributed by atoms with van der Waals surface area (Å²) in [4.78, 5) is 7.16. The van der Waals surface area contributed by atoms with Crippen LogP contribution < -0.4 is 0 Å². The lowest BCUT2D eigenvalue weighted by Crippen LogP contribution is -2.12. The maximum absolute atomic E-state index is 8.77. The second-order valence-electron chi connectivity index (χ2n) is 4.49. The van der Waals surface area contributed by atoms with Crippen LogP contribution in [0.25, 0.3) is 11.5 Å². The second-order valence-corrected chi connectivity index (χ2v) is 4.49. The van der Waals surface area contributed by atoms with Crippen LogP contribution in [0, 0.1) is 17.2 Å². The molecule has 2 heterocycles. The topological polar surface area (TPSA) is 87.7 Å². The summed E-state index contributed by atoms with van der Waals surface area (Å²) in [6.07, 6.45) is 1.48. The molecular weight excluding hydrogens is 244 g/mol. The lowest BCUT2D eigenvalue weighted by molar-refractivity contribution is 0.0217. The van der Waals surface area contributed by atoms with Crippen LogP contribution in [0.15, 0.2) is 16.8 Å². The first-order chi connectivity index (χ1) is 9.15. The van der Waals surface area contributed by atoms with Crippen LogP contribution in [0.4, 0.5) is 0 Å². The SMILES string of the molecule is CCOC(c1noc(-c2c[nH]c(C#N)c2)n1)C(C)C. The van der Waals surface area contributed by atoms with Crippen LogP contribution >= 0.6 is 0 Å². The maximum atomic E-state index is 8.77. The lowest BCUT2D eigenvalue weighted by Gasteiger charge is -2.16. The molecule has 2 aromatic rings.